The molecule has 1 aromatic rings. The second-order valence-electron chi connectivity index (χ2n) is 11.7. The van der Waals surface area contributed by atoms with Crippen LogP contribution in [0, 0.1) is 34.0 Å². The van der Waals surface area contributed by atoms with Crippen molar-refractivity contribution in [2.75, 3.05) is 14.2 Å². The molecule has 0 aromatic carbocycles. The van der Waals surface area contributed by atoms with Gasteiger partial charge in [0.05, 0.1) is 32.8 Å². The number of allylic oxidation sites excluding steroid dienone is 2. The second-order valence-corrected chi connectivity index (χ2v) is 11.7. The summed E-state index contributed by atoms with van der Waals surface area (Å²) in [6.45, 7) is 8.19. The molecule has 3 aliphatic carbocycles. The predicted molar refractivity (Wildman–Crippen MR) is 127 cm³/mol. The Balaban J connectivity index is 1.70. The van der Waals surface area contributed by atoms with Gasteiger partial charge in [-0.3, -0.25) is 9.59 Å². The van der Waals surface area contributed by atoms with Gasteiger partial charge in [0.2, 0.25) is 0 Å². The van der Waals surface area contributed by atoms with Crippen molar-refractivity contribution in [2.24, 2.45) is 34.0 Å². The van der Waals surface area contributed by atoms with Crippen LogP contribution in [0.25, 0.3) is 0 Å². The molecule has 2 saturated carbocycles. The number of ether oxygens (including phenoxy) is 3. The SMILES string of the molecule is COC(=O)C[C@@H]1C2(C)C(=O)[C@@H](CC3=C4C=C(OC)O[C@@H](c5ccoc5)[C@]4(C)CCC32)[C@H](O)C1(C)C. The summed E-state index contributed by atoms with van der Waals surface area (Å²) < 4.78 is 22.3. The van der Waals surface area contributed by atoms with Crippen LogP contribution in [0.4, 0.5) is 0 Å². The van der Waals surface area contributed by atoms with Crippen LogP contribution in [0.5, 0.6) is 0 Å². The van der Waals surface area contributed by atoms with E-state index < -0.39 is 22.9 Å². The van der Waals surface area contributed by atoms with Crippen LogP contribution >= 0.6 is 0 Å². The van der Waals surface area contributed by atoms with Crippen LogP contribution in [0.1, 0.15) is 65.0 Å². The number of Topliss-reactive ketones (excluding diaryl/α,β-unsaturated/α-hetero) is 1. The molecule has 2 bridgehead atoms. The topological polar surface area (TPSA) is 95.2 Å². The molecule has 5 rings (SSSR count). The smallest absolute Gasteiger partial charge is 0.305 e. The lowest BCUT2D eigenvalue weighted by Gasteiger charge is -2.63. The van der Waals surface area contributed by atoms with Crippen molar-refractivity contribution in [3.63, 3.8) is 0 Å². The van der Waals surface area contributed by atoms with Gasteiger partial charge in [0.25, 0.3) is 5.95 Å². The van der Waals surface area contributed by atoms with E-state index in [9.17, 15) is 14.7 Å². The van der Waals surface area contributed by atoms with Crippen molar-refractivity contribution in [3.05, 3.63) is 47.3 Å². The fourth-order valence-corrected chi connectivity index (χ4v) is 7.91. The molecule has 1 N–H and O–H groups in total. The summed E-state index contributed by atoms with van der Waals surface area (Å²) in [5, 5.41) is 11.5. The lowest BCUT2D eigenvalue weighted by molar-refractivity contribution is -0.185. The van der Waals surface area contributed by atoms with Gasteiger partial charge in [-0.1, -0.05) is 33.3 Å². The van der Waals surface area contributed by atoms with E-state index in [2.05, 4.69) is 6.92 Å². The summed E-state index contributed by atoms with van der Waals surface area (Å²) >= 11 is 0. The summed E-state index contributed by atoms with van der Waals surface area (Å²) in [6.07, 6.45) is 6.39. The Hall–Kier alpha value is -2.54. The molecule has 35 heavy (non-hydrogen) atoms. The number of ketones is 1. The lowest BCUT2D eigenvalue weighted by Crippen LogP contribution is -2.66. The summed E-state index contributed by atoms with van der Waals surface area (Å²) in [4.78, 5) is 26.5. The third-order valence-electron chi connectivity index (χ3n) is 9.85. The van der Waals surface area contributed by atoms with Crippen LogP contribution in [-0.4, -0.2) is 37.2 Å². The highest BCUT2D eigenvalue weighted by Crippen LogP contribution is 2.67. The van der Waals surface area contributed by atoms with Crippen molar-refractivity contribution in [3.8, 4) is 0 Å². The second kappa shape index (κ2) is 7.99. The van der Waals surface area contributed by atoms with Crippen LogP contribution in [0.3, 0.4) is 0 Å². The zero-order chi connectivity index (χ0) is 25.3. The minimum Gasteiger partial charge on any atom is -0.472 e. The number of fused-ring (bicyclic) bond motifs is 5. The molecule has 0 saturated heterocycles. The molecule has 7 atom stereocenters. The van der Waals surface area contributed by atoms with E-state index in [0.717, 1.165) is 24.0 Å². The first kappa shape index (κ1) is 24.2. The number of carbonyl (C=O) groups excluding carboxylic acids is 2. The number of carbonyl (C=O) groups is 2. The number of hydrogen-bond donors (Lipinski definition) is 1. The van der Waals surface area contributed by atoms with E-state index in [1.807, 2.05) is 32.9 Å². The summed E-state index contributed by atoms with van der Waals surface area (Å²) in [6, 6.07) is 1.92. The van der Waals surface area contributed by atoms with Crippen molar-refractivity contribution in [1.82, 2.24) is 0 Å². The Bertz CT molecular complexity index is 1100. The number of furan rings is 1. The maximum absolute atomic E-state index is 14.0. The van der Waals surface area contributed by atoms with E-state index in [0.29, 0.717) is 12.4 Å². The van der Waals surface area contributed by atoms with Crippen LogP contribution in [-0.2, 0) is 23.8 Å². The van der Waals surface area contributed by atoms with Gasteiger partial charge >= 0.3 is 5.97 Å². The highest BCUT2D eigenvalue weighted by atomic mass is 16.7. The van der Waals surface area contributed by atoms with E-state index in [-0.39, 0.29) is 41.5 Å². The molecule has 7 nitrogen and oxygen atoms in total. The van der Waals surface area contributed by atoms with Gasteiger partial charge in [0.1, 0.15) is 11.9 Å². The van der Waals surface area contributed by atoms with E-state index in [1.165, 1.54) is 12.7 Å². The molecule has 0 spiro atoms. The third-order valence-corrected chi connectivity index (χ3v) is 9.85. The Morgan fingerprint density at radius 1 is 1.23 bits per heavy atom. The van der Waals surface area contributed by atoms with Crippen molar-refractivity contribution >= 4 is 11.8 Å². The van der Waals surface area contributed by atoms with Crippen LogP contribution in [0.2, 0.25) is 0 Å². The highest BCUT2D eigenvalue weighted by molar-refractivity contribution is 5.92. The van der Waals surface area contributed by atoms with Crippen molar-refractivity contribution in [1.29, 1.82) is 0 Å². The van der Waals surface area contributed by atoms with Crippen LogP contribution < -0.4 is 0 Å². The monoisotopic (exact) mass is 484 g/mol. The van der Waals surface area contributed by atoms with Gasteiger partial charge in [0.15, 0.2) is 0 Å². The van der Waals surface area contributed by atoms with Crippen molar-refractivity contribution in [2.45, 2.75) is 65.6 Å². The average molecular weight is 485 g/mol. The maximum Gasteiger partial charge on any atom is 0.305 e. The number of rotatable bonds is 4. The molecule has 1 aliphatic heterocycles. The summed E-state index contributed by atoms with van der Waals surface area (Å²) in [5.74, 6) is -0.743. The quantitative estimate of drug-likeness (QED) is 0.618. The molecule has 0 amide bonds. The largest absolute Gasteiger partial charge is 0.472 e. The lowest BCUT2D eigenvalue weighted by atomic mass is 9.41. The Morgan fingerprint density at radius 3 is 2.60 bits per heavy atom. The molecule has 2 unspecified atom stereocenters. The molecule has 0 radical (unpaired) electrons. The third kappa shape index (κ3) is 3.19. The Morgan fingerprint density at radius 2 is 1.97 bits per heavy atom. The number of aliphatic hydroxyl groups is 1. The molecule has 7 heteroatoms. The minimum absolute atomic E-state index is 0.0341. The molecular formula is C28H36O7. The van der Waals surface area contributed by atoms with Gasteiger partial charge in [-0.15, -0.1) is 0 Å². The van der Waals surface area contributed by atoms with Gasteiger partial charge in [-0.2, -0.15) is 0 Å². The molecule has 2 heterocycles. The molecular weight excluding hydrogens is 448 g/mol. The zero-order valence-corrected chi connectivity index (χ0v) is 21.4. The molecule has 2 fully saturated rings. The van der Waals surface area contributed by atoms with Gasteiger partial charge in [-0.25, -0.2) is 0 Å². The van der Waals surface area contributed by atoms with Gasteiger partial charge in [0, 0.05) is 34.8 Å². The zero-order valence-electron chi connectivity index (χ0n) is 21.4. The minimum atomic E-state index is -0.852. The van der Waals surface area contributed by atoms with E-state index in [4.69, 9.17) is 18.6 Å². The number of methoxy groups -OCH3 is 2. The highest BCUT2D eigenvalue weighted by Gasteiger charge is 2.67. The Labute approximate surface area is 206 Å². The molecule has 4 aliphatic rings. The fourth-order valence-electron chi connectivity index (χ4n) is 7.91. The number of hydrogen-bond acceptors (Lipinski definition) is 7. The standard InChI is InChI=1S/C28H36O7/c1-26(2)20(13-21(29)32-5)28(4)18-7-9-27(3)19(16(18)11-17(23(26)30)24(28)31)12-22(33-6)35-25(27)15-8-10-34-14-15/h8,10,12,14,17-18,20,23,25,30H,7,9,11,13H2,1-6H3/t17-,18?,20-,23-,25-,27+,28?/m0/s1. The fraction of sp³-hybridized carbons (Fsp3) is 0.643. The van der Waals surface area contributed by atoms with Gasteiger partial charge in [-0.05, 0) is 48.2 Å². The number of aliphatic hydroxyl groups excluding tert-OH is 1. The molecule has 190 valence electrons. The summed E-state index contributed by atoms with van der Waals surface area (Å²) in [7, 11) is 2.96. The Kier molecular flexibility index (Phi) is 5.51. The first-order valence-electron chi connectivity index (χ1n) is 12.5. The first-order chi connectivity index (χ1) is 16.5. The van der Waals surface area contributed by atoms with E-state index in [1.54, 1.807) is 19.6 Å². The molecule has 1 aromatic heterocycles. The average Bonchev–Trinajstić information content (AvgIpc) is 3.36. The van der Waals surface area contributed by atoms with Crippen LogP contribution in [0.15, 0.2) is 46.2 Å². The van der Waals surface area contributed by atoms with E-state index >= 15 is 0 Å². The maximum atomic E-state index is 14.0. The normalized spacial score (nSPS) is 39.7. The summed E-state index contributed by atoms with van der Waals surface area (Å²) in [5.41, 5.74) is 1.50. The van der Waals surface area contributed by atoms with Crippen molar-refractivity contribution < 1.29 is 33.3 Å². The van der Waals surface area contributed by atoms with Gasteiger partial charge < -0.3 is 23.7 Å². The predicted octanol–water partition coefficient (Wildman–Crippen LogP) is 4.73. The first-order valence-corrected chi connectivity index (χ1v) is 12.5. The number of esters is 1.